The Bertz CT molecular complexity index is 857. The van der Waals surface area contributed by atoms with E-state index in [1.165, 1.54) is 17.4 Å². The summed E-state index contributed by atoms with van der Waals surface area (Å²) in [5.41, 5.74) is 1.17. The lowest BCUT2D eigenvalue weighted by Crippen LogP contribution is -2.14. The summed E-state index contributed by atoms with van der Waals surface area (Å²) in [4.78, 5) is 17.2. The number of halogens is 1. The molecule has 0 atom stereocenters. The van der Waals surface area contributed by atoms with Gasteiger partial charge < -0.3 is 9.84 Å². The number of hydrogen-bond acceptors (Lipinski definition) is 5. The normalized spacial score (nSPS) is 10.7. The summed E-state index contributed by atoms with van der Waals surface area (Å²) in [5.74, 6) is 0.459. The van der Waals surface area contributed by atoms with Crippen molar-refractivity contribution in [2.45, 2.75) is 20.3 Å². The van der Waals surface area contributed by atoms with Gasteiger partial charge in [-0.2, -0.15) is 0 Å². The van der Waals surface area contributed by atoms with Gasteiger partial charge in [0.05, 0.1) is 12.1 Å². The van der Waals surface area contributed by atoms with Crippen LogP contribution in [0.3, 0.4) is 0 Å². The number of benzene rings is 1. The molecule has 1 amide bonds. The van der Waals surface area contributed by atoms with Gasteiger partial charge in [-0.25, -0.2) is 9.37 Å². The highest BCUT2D eigenvalue weighted by atomic mass is 32.1. The number of thiazole rings is 1. The summed E-state index contributed by atoms with van der Waals surface area (Å²) < 4.78 is 18.7. The first-order valence-corrected chi connectivity index (χ1v) is 7.79. The quantitative estimate of drug-likeness (QED) is 0.791. The molecule has 0 saturated heterocycles. The second-order valence-electron chi connectivity index (χ2n) is 5.06. The van der Waals surface area contributed by atoms with Crippen LogP contribution in [0.15, 0.2) is 34.9 Å². The molecule has 0 saturated carbocycles. The largest absolute Gasteiger partial charge is 0.360 e. The predicted molar refractivity (Wildman–Crippen MR) is 85.8 cm³/mol. The highest BCUT2D eigenvalue weighted by molar-refractivity contribution is 7.15. The van der Waals surface area contributed by atoms with Crippen LogP contribution in [0.1, 0.15) is 16.3 Å². The number of nitrogens with one attached hydrogen (secondary N) is 1. The first-order valence-electron chi connectivity index (χ1n) is 6.97. The number of anilines is 1. The van der Waals surface area contributed by atoms with Crippen molar-refractivity contribution in [2.24, 2.45) is 0 Å². The Balaban J connectivity index is 1.76. The van der Waals surface area contributed by atoms with Crippen molar-refractivity contribution in [1.82, 2.24) is 10.1 Å². The van der Waals surface area contributed by atoms with E-state index in [-0.39, 0.29) is 18.1 Å². The molecule has 0 spiro atoms. The van der Waals surface area contributed by atoms with E-state index in [1.807, 2.05) is 6.92 Å². The number of carbonyl (C=O) groups excluding carboxylic acids is 1. The third-order valence-electron chi connectivity index (χ3n) is 3.21. The second kappa shape index (κ2) is 6.29. The van der Waals surface area contributed by atoms with Gasteiger partial charge in [-0.3, -0.25) is 4.79 Å². The van der Waals surface area contributed by atoms with Crippen LogP contribution in [0.5, 0.6) is 0 Å². The summed E-state index contributed by atoms with van der Waals surface area (Å²) in [5, 5.41) is 6.95. The predicted octanol–water partition coefficient (Wildman–Crippen LogP) is 3.74. The number of hydrogen-bond donors (Lipinski definition) is 1. The van der Waals surface area contributed by atoms with Crippen LogP contribution in [0.2, 0.25) is 0 Å². The maximum atomic E-state index is 13.8. The molecule has 0 aliphatic heterocycles. The van der Waals surface area contributed by atoms with Gasteiger partial charge in [0.25, 0.3) is 0 Å². The molecule has 3 rings (SSSR count). The van der Waals surface area contributed by atoms with E-state index in [4.69, 9.17) is 4.52 Å². The number of aromatic nitrogens is 2. The number of rotatable bonds is 4. The van der Waals surface area contributed by atoms with Gasteiger partial charge in [0.2, 0.25) is 5.91 Å². The van der Waals surface area contributed by atoms with Gasteiger partial charge in [0.15, 0.2) is 5.82 Å². The van der Waals surface area contributed by atoms with Crippen molar-refractivity contribution in [3.63, 3.8) is 0 Å². The van der Waals surface area contributed by atoms with Crippen LogP contribution in [0, 0.1) is 19.7 Å². The Labute approximate surface area is 136 Å². The molecule has 3 aromatic rings. The summed E-state index contributed by atoms with van der Waals surface area (Å²) in [6, 6.07) is 8.10. The van der Waals surface area contributed by atoms with E-state index < -0.39 is 0 Å². The lowest BCUT2D eigenvalue weighted by molar-refractivity contribution is -0.115. The number of aryl methyl sites for hydroxylation is 2. The Kier molecular flexibility index (Phi) is 4.20. The molecular formula is C16H14FN3O2S. The summed E-state index contributed by atoms with van der Waals surface area (Å²) in [6.45, 7) is 3.56. The Hall–Kier alpha value is -2.54. The molecule has 0 aliphatic rings. The zero-order valence-electron chi connectivity index (χ0n) is 12.6. The summed E-state index contributed by atoms with van der Waals surface area (Å²) >= 11 is 1.32. The fourth-order valence-corrected chi connectivity index (χ4v) is 3.19. The average Bonchev–Trinajstić information content (AvgIpc) is 3.06. The maximum Gasteiger partial charge on any atom is 0.230 e. The highest BCUT2D eigenvalue weighted by Crippen LogP contribution is 2.30. The number of carbonyl (C=O) groups is 1. The van der Waals surface area contributed by atoms with Crippen LogP contribution >= 0.6 is 11.3 Å². The Morgan fingerprint density at radius 2 is 2.13 bits per heavy atom. The first kappa shape index (κ1) is 15.4. The van der Waals surface area contributed by atoms with Gasteiger partial charge in [-0.1, -0.05) is 17.3 Å². The maximum absolute atomic E-state index is 13.8. The average molecular weight is 331 g/mol. The molecule has 0 fully saturated rings. The molecule has 0 radical (unpaired) electrons. The SMILES string of the molecule is Cc1cc(NC(=O)Cc2sc(-c3ccccc3F)nc2C)no1. The number of nitrogens with zero attached hydrogens (tertiary/aromatic N) is 2. The summed E-state index contributed by atoms with van der Waals surface area (Å²) in [6.07, 6.45) is 0.157. The molecule has 0 bridgehead atoms. The topological polar surface area (TPSA) is 68.0 Å². The fourth-order valence-electron chi connectivity index (χ4n) is 2.10. The Morgan fingerprint density at radius 1 is 1.35 bits per heavy atom. The molecule has 118 valence electrons. The minimum Gasteiger partial charge on any atom is -0.360 e. The van der Waals surface area contributed by atoms with Crippen LogP contribution in [-0.2, 0) is 11.2 Å². The van der Waals surface area contributed by atoms with E-state index in [1.54, 1.807) is 31.2 Å². The molecule has 7 heteroatoms. The van der Waals surface area contributed by atoms with E-state index in [2.05, 4.69) is 15.5 Å². The van der Waals surface area contributed by atoms with E-state index in [9.17, 15) is 9.18 Å². The Morgan fingerprint density at radius 3 is 2.83 bits per heavy atom. The molecule has 2 heterocycles. The first-order chi connectivity index (χ1) is 11.0. The van der Waals surface area contributed by atoms with Crippen molar-refractivity contribution in [2.75, 3.05) is 5.32 Å². The van der Waals surface area contributed by atoms with Gasteiger partial charge in [0, 0.05) is 16.5 Å². The molecule has 0 unspecified atom stereocenters. The van der Waals surface area contributed by atoms with Crippen molar-refractivity contribution in [3.8, 4) is 10.6 Å². The van der Waals surface area contributed by atoms with Crippen molar-refractivity contribution >= 4 is 23.1 Å². The smallest absolute Gasteiger partial charge is 0.230 e. The third-order valence-corrected chi connectivity index (χ3v) is 4.40. The molecule has 1 aromatic carbocycles. The molecule has 23 heavy (non-hydrogen) atoms. The van der Waals surface area contributed by atoms with Crippen LogP contribution in [0.4, 0.5) is 10.2 Å². The van der Waals surface area contributed by atoms with Crippen molar-refractivity contribution in [1.29, 1.82) is 0 Å². The van der Waals surface area contributed by atoms with Crippen molar-refractivity contribution in [3.05, 3.63) is 52.5 Å². The van der Waals surface area contributed by atoms with Crippen molar-refractivity contribution < 1.29 is 13.7 Å². The molecule has 2 aromatic heterocycles. The fraction of sp³-hybridized carbons (Fsp3) is 0.188. The van der Waals surface area contributed by atoms with Gasteiger partial charge in [-0.15, -0.1) is 11.3 Å². The lowest BCUT2D eigenvalue weighted by atomic mass is 10.2. The minimum atomic E-state index is -0.324. The van der Waals surface area contributed by atoms with Crippen LogP contribution in [0.25, 0.3) is 10.6 Å². The summed E-state index contributed by atoms with van der Waals surface area (Å²) in [7, 11) is 0. The molecule has 1 N–H and O–H groups in total. The molecule has 5 nitrogen and oxygen atoms in total. The highest BCUT2D eigenvalue weighted by Gasteiger charge is 2.15. The van der Waals surface area contributed by atoms with Gasteiger partial charge in [-0.05, 0) is 26.0 Å². The second-order valence-corrected chi connectivity index (χ2v) is 6.14. The molecule has 0 aliphatic carbocycles. The molecular weight excluding hydrogens is 317 g/mol. The van der Waals surface area contributed by atoms with Gasteiger partial charge in [0.1, 0.15) is 16.6 Å². The lowest BCUT2D eigenvalue weighted by Gasteiger charge is -1.99. The zero-order chi connectivity index (χ0) is 16.4. The third kappa shape index (κ3) is 3.45. The van der Waals surface area contributed by atoms with E-state index in [0.717, 1.165) is 10.6 Å². The van der Waals surface area contributed by atoms with Gasteiger partial charge >= 0.3 is 0 Å². The minimum absolute atomic E-state index is 0.157. The monoisotopic (exact) mass is 331 g/mol. The number of amides is 1. The van der Waals surface area contributed by atoms with Crippen LogP contribution < -0.4 is 5.32 Å². The van der Waals surface area contributed by atoms with E-state index >= 15 is 0 Å². The van der Waals surface area contributed by atoms with Crippen LogP contribution in [-0.4, -0.2) is 16.0 Å². The standard InChI is InChI=1S/C16H14FN3O2S/c1-9-7-14(20-22-9)19-15(21)8-13-10(2)18-16(23-13)11-5-3-4-6-12(11)17/h3-7H,8H2,1-2H3,(H,19,20,21). The zero-order valence-corrected chi connectivity index (χ0v) is 13.4. The van der Waals surface area contributed by atoms with E-state index in [0.29, 0.717) is 22.1 Å².